The fourth-order valence-electron chi connectivity index (χ4n) is 2.62. The molecule has 0 aliphatic carbocycles. The van der Waals surface area contributed by atoms with Gasteiger partial charge in [0, 0.05) is 10.6 Å². The molecule has 1 aliphatic rings. The van der Waals surface area contributed by atoms with Gasteiger partial charge in [0.05, 0.1) is 16.0 Å². The molecule has 30 heavy (non-hydrogen) atoms. The Hall–Kier alpha value is -2.29. The Kier molecular flexibility index (Phi) is 7.58. The van der Waals surface area contributed by atoms with Crippen LogP contribution in [0.5, 0.6) is 5.75 Å². The predicted octanol–water partition coefficient (Wildman–Crippen LogP) is 5.28. The number of hydrogen-bond donors (Lipinski definition) is 0. The van der Waals surface area contributed by atoms with E-state index in [1.54, 1.807) is 37.3 Å². The summed E-state index contributed by atoms with van der Waals surface area (Å²) in [6.07, 6.45) is 1.60. The smallest absolute Gasteiger partial charge is 0.326 e. The third-order valence-electron chi connectivity index (χ3n) is 4.06. The zero-order chi connectivity index (χ0) is 21.7. The Bertz CT molecular complexity index is 1030. The number of carbonyl (C=O) groups excluding carboxylic acids is 3. The molecule has 1 aliphatic heterocycles. The van der Waals surface area contributed by atoms with E-state index < -0.39 is 23.7 Å². The van der Waals surface area contributed by atoms with Crippen LogP contribution in [0.15, 0.2) is 51.8 Å². The summed E-state index contributed by atoms with van der Waals surface area (Å²) in [6, 6.07) is 12.7. The number of carbonyl (C=O) groups is 3. The molecule has 6 nitrogen and oxygen atoms in total. The van der Waals surface area contributed by atoms with Gasteiger partial charge in [-0.3, -0.25) is 19.3 Å². The van der Waals surface area contributed by atoms with Gasteiger partial charge in [-0.15, -0.1) is 0 Å². The standard InChI is InChI=1S/C21H17BrClNO5S/c1-2-28-19(25)11-24-20(26)18(30-21(24)27)10-13-7-8-17(15(22)9-13)29-12-14-5-3-4-6-16(14)23/h3-10H,2,11-12H2,1H3/b18-10-. The van der Waals surface area contributed by atoms with Crippen molar-refractivity contribution in [2.45, 2.75) is 13.5 Å². The molecule has 1 heterocycles. The second-order valence-corrected chi connectivity index (χ2v) is 8.40. The minimum absolute atomic E-state index is 0.184. The highest BCUT2D eigenvalue weighted by Crippen LogP contribution is 2.34. The molecule has 9 heteroatoms. The van der Waals surface area contributed by atoms with Crippen LogP contribution in [-0.2, 0) is 20.9 Å². The molecule has 2 aromatic carbocycles. The molecule has 2 amide bonds. The first-order chi connectivity index (χ1) is 14.4. The molecule has 0 aromatic heterocycles. The van der Waals surface area contributed by atoms with Gasteiger partial charge in [0.15, 0.2) is 0 Å². The zero-order valence-corrected chi connectivity index (χ0v) is 19.1. The van der Waals surface area contributed by atoms with E-state index in [2.05, 4.69) is 15.9 Å². The summed E-state index contributed by atoms with van der Waals surface area (Å²) in [5.41, 5.74) is 1.57. The molecule has 0 saturated carbocycles. The number of ether oxygens (including phenoxy) is 2. The summed E-state index contributed by atoms with van der Waals surface area (Å²) >= 11 is 10.4. The SMILES string of the molecule is CCOC(=O)CN1C(=O)S/C(=C\c2ccc(OCc3ccccc3Cl)c(Br)c2)C1=O. The molecular formula is C21H17BrClNO5S. The fraction of sp³-hybridized carbons (Fsp3) is 0.190. The Morgan fingerprint density at radius 3 is 2.70 bits per heavy atom. The number of halogens is 2. The summed E-state index contributed by atoms with van der Waals surface area (Å²) in [4.78, 5) is 37.2. The van der Waals surface area contributed by atoms with Gasteiger partial charge in [0.2, 0.25) is 0 Å². The topological polar surface area (TPSA) is 72.9 Å². The molecule has 0 radical (unpaired) electrons. The molecular weight excluding hydrogens is 494 g/mol. The average molecular weight is 511 g/mol. The normalized spacial score (nSPS) is 15.0. The lowest BCUT2D eigenvalue weighted by atomic mass is 10.2. The van der Waals surface area contributed by atoms with Gasteiger partial charge in [-0.1, -0.05) is 35.9 Å². The van der Waals surface area contributed by atoms with E-state index >= 15 is 0 Å². The highest BCUT2D eigenvalue weighted by atomic mass is 79.9. The van der Waals surface area contributed by atoms with E-state index in [1.165, 1.54) is 0 Å². The van der Waals surface area contributed by atoms with E-state index in [-0.39, 0.29) is 11.5 Å². The third kappa shape index (κ3) is 5.44. The molecule has 156 valence electrons. The molecule has 1 saturated heterocycles. The van der Waals surface area contributed by atoms with Crippen LogP contribution in [0.1, 0.15) is 18.1 Å². The minimum atomic E-state index is -0.621. The molecule has 0 unspecified atom stereocenters. The second kappa shape index (κ2) is 10.1. The van der Waals surface area contributed by atoms with Crippen LogP contribution in [0.2, 0.25) is 5.02 Å². The first-order valence-electron chi connectivity index (χ1n) is 8.95. The fourth-order valence-corrected chi connectivity index (χ4v) is 4.16. The van der Waals surface area contributed by atoms with Crippen molar-refractivity contribution < 1.29 is 23.9 Å². The number of thioether (sulfide) groups is 1. The summed E-state index contributed by atoms with van der Waals surface area (Å²) < 4.78 is 11.3. The van der Waals surface area contributed by atoms with Crippen LogP contribution in [0.3, 0.4) is 0 Å². The molecule has 0 N–H and O–H groups in total. The maximum Gasteiger partial charge on any atom is 0.326 e. The largest absolute Gasteiger partial charge is 0.488 e. The maximum atomic E-state index is 12.5. The lowest BCUT2D eigenvalue weighted by Gasteiger charge is -2.11. The van der Waals surface area contributed by atoms with Crippen LogP contribution < -0.4 is 4.74 Å². The lowest BCUT2D eigenvalue weighted by Crippen LogP contribution is -2.34. The van der Waals surface area contributed by atoms with E-state index in [4.69, 9.17) is 21.1 Å². The van der Waals surface area contributed by atoms with E-state index in [0.29, 0.717) is 27.4 Å². The van der Waals surface area contributed by atoms with Crippen molar-refractivity contribution in [3.63, 3.8) is 0 Å². The van der Waals surface area contributed by atoms with Gasteiger partial charge in [0.25, 0.3) is 11.1 Å². The predicted molar refractivity (Wildman–Crippen MR) is 119 cm³/mol. The quantitative estimate of drug-likeness (QED) is 0.373. The van der Waals surface area contributed by atoms with Crippen LogP contribution in [0, 0.1) is 0 Å². The van der Waals surface area contributed by atoms with Crippen LogP contribution >= 0.6 is 39.3 Å². The summed E-state index contributed by atoms with van der Waals surface area (Å²) in [7, 11) is 0. The van der Waals surface area contributed by atoms with Gasteiger partial charge in [-0.2, -0.15) is 0 Å². The van der Waals surface area contributed by atoms with Crippen molar-refractivity contribution in [1.82, 2.24) is 4.90 Å². The Balaban J connectivity index is 1.69. The van der Waals surface area contributed by atoms with Crippen molar-refractivity contribution in [2.24, 2.45) is 0 Å². The number of benzene rings is 2. The van der Waals surface area contributed by atoms with Gasteiger partial charge >= 0.3 is 5.97 Å². The monoisotopic (exact) mass is 509 g/mol. The van der Waals surface area contributed by atoms with E-state index in [1.807, 2.05) is 18.2 Å². The Labute approximate surface area is 191 Å². The zero-order valence-electron chi connectivity index (χ0n) is 15.9. The maximum absolute atomic E-state index is 12.5. The van der Waals surface area contributed by atoms with E-state index in [0.717, 1.165) is 22.2 Å². The highest BCUT2D eigenvalue weighted by molar-refractivity contribution is 9.10. The number of esters is 1. The van der Waals surface area contributed by atoms with Gasteiger partial charge in [-0.25, -0.2) is 0 Å². The molecule has 0 spiro atoms. The van der Waals surface area contributed by atoms with Crippen LogP contribution in [0.25, 0.3) is 6.08 Å². The molecule has 0 atom stereocenters. The van der Waals surface area contributed by atoms with Crippen LogP contribution in [-0.4, -0.2) is 35.2 Å². The van der Waals surface area contributed by atoms with Crippen molar-refractivity contribution in [3.05, 3.63) is 68.0 Å². The molecule has 1 fully saturated rings. The number of amides is 2. The van der Waals surface area contributed by atoms with Gasteiger partial charge < -0.3 is 9.47 Å². The second-order valence-electron chi connectivity index (χ2n) is 6.14. The van der Waals surface area contributed by atoms with Crippen molar-refractivity contribution >= 4 is 62.5 Å². The average Bonchev–Trinajstić information content (AvgIpc) is 2.96. The van der Waals surface area contributed by atoms with Crippen molar-refractivity contribution in [1.29, 1.82) is 0 Å². The van der Waals surface area contributed by atoms with Crippen molar-refractivity contribution in [2.75, 3.05) is 13.2 Å². The number of rotatable bonds is 7. The third-order valence-corrected chi connectivity index (χ3v) is 5.96. The number of hydrogen-bond acceptors (Lipinski definition) is 6. The first kappa shape index (κ1) is 22.4. The van der Waals surface area contributed by atoms with Gasteiger partial charge in [-0.05, 0) is 64.5 Å². The lowest BCUT2D eigenvalue weighted by molar-refractivity contribution is -0.145. The number of nitrogens with zero attached hydrogens (tertiary/aromatic N) is 1. The van der Waals surface area contributed by atoms with E-state index in [9.17, 15) is 14.4 Å². The Morgan fingerprint density at radius 2 is 2.00 bits per heavy atom. The molecule has 0 bridgehead atoms. The summed E-state index contributed by atoms with van der Waals surface area (Å²) in [5.74, 6) is -0.528. The van der Waals surface area contributed by atoms with Crippen molar-refractivity contribution in [3.8, 4) is 5.75 Å². The first-order valence-corrected chi connectivity index (χ1v) is 10.9. The summed E-state index contributed by atoms with van der Waals surface area (Å²) in [5, 5.41) is 0.127. The minimum Gasteiger partial charge on any atom is -0.488 e. The molecule has 3 rings (SSSR count). The Morgan fingerprint density at radius 1 is 1.23 bits per heavy atom. The summed E-state index contributed by atoms with van der Waals surface area (Å²) in [6.45, 7) is 1.76. The van der Waals surface area contributed by atoms with Gasteiger partial charge in [0.1, 0.15) is 18.9 Å². The number of imide groups is 1. The highest BCUT2D eigenvalue weighted by Gasteiger charge is 2.36. The molecule has 2 aromatic rings. The van der Waals surface area contributed by atoms with Crippen LogP contribution in [0.4, 0.5) is 4.79 Å².